The van der Waals surface area contributed by atoms with Gasteiger partial charge in [-0.05, 0) is 18.1 Å². The Hall–Kier alpha value is -1.55. The molecule has 0 amide bonds. The first-order chi connectivity index (χ1) is 6.16. The monoisotopic (exact) mass is 179 g/mol. The molecule has 0 aliphatic heterocycles. The Labute approximate surface area is 76.9 Å². The SMILES string of the molecule is Cc1c(C=CCO)cnc(N)c1N. The minimum absolute atomic E-state index is 0.00369. The lowest BCUT2D eigenvalue weighted by molar-refractivity contribution is 0.343. The maximum atomic E-state index is 8.58. The number of aliphatic hydroxyl groups excluding tert-OH is 1. The fourth-order valence-corrected chi connectivity index (χ4v) is 1.00. The van der Waals surface area contributed by atoms with Crippen molar-refractivity contribution in [3.05, 3.63) is 23.4 Å². The molecule has 0 saturated heterocycles. The van der Waals surface area contributed by atoms with E-state index in [2.05, 4.69) is 4.98 Å². The Balaban J connectivity index is 3.11. The number of hydrogen-bond donors (Lipinski definition) is 3. The molecule has 1 aromatic rings. The molecule has 0 unspecified atom stereocenters. The van der Waals surface area contributed by atoms with E-state index < -0.39 is 0 Å². The summed E-state index contributed by atoms with van der Waals surface area (Å²) in [6.07, 6.45) is 5.02. The lowest BCUT2D eigenvalue weighted by Gasteiger charge is -2.05. The number of anilines is 2. The van der Waals surface area contributed by atoms with Crippen molar-refractivity contribution in [2.75, 3.05) is 18.1 Å². The van der Waals surface area contributed by atoms with E-state index >= 15 is 0 Å². The molecule has 0 fully saturated rings. The van der Waals surface area contributed by atoms with Crippen molar-refractivity contribution >= 4 is 17.6 Å². The van der Waals surface area contributed by atoms with Gasteiger partial charge >= 0.3 is 0 Å². The van der Waals surface area contributed by atoms with Gasteiger partial charge in [0.25, 0.3) is 0 Å². The van der Waals surface area contributed by atoms with Crippen LogP contribution in [0.25, 0.3) is 6.08 Å². The molecular weight excluding hydrogens is 166 g/mol. The number of nitrogen functional groups attached to an aromatic ring is 2. The summed E-state index contributed by atoms with van der Waals surface area (Å²) in [5.41, 5.74) is 13.4. The Bertz CT molecular complexity index is 334. The molecule has 5 N–H and O–H groups in total. The molecule has 1 aromatic heterocycles. The van der Waals surface area contributed by atoms with Gasteiger partial charge < -0.3 is 16.6 Å². The normalized spacial score (nSPS) is 10.9. The first kappa shape index (κ1) is 9.54. The van der Waals surface area contributed by atoms with Gasteiger partial charge in [-0.1, -0.05) is 12.2 Å². The summed E-state index contributed by atoms with van der Waals surface area (Å²) in [6.45, 7) is 1.87. The van der Waals surface area contributed by atoms with Gasteiger partial charge in [-0.3, -0.25) is 0 Å². The van der Waals surface area contributed by atoms with Gasteiger partial charge in [0.05, 0.1) is 12.3 Å². The van der Waals surface area contributed by atoms with Crippen molar-refractivity contribution < 1.29 is 5.11 Å². The Morgan fingerprint density at radius 1 is 1.54 bits per heavy atom. The fourth-order valence-electron chi connectivity index (χ4n) is 1.00. The largest absolute Gasteiger partial charge is 0.396 e. The summed E-state index contributed by atoms with van der Waals surface area (Å²) in [4.78, 5) is 3.91. The van der Waals surface area contributed by atoms with E-state index in [0.29, 0.717) is 11.5 Å². The molecule has 70 valence electrons. The Kier molecular flexibility index (Phi) is 2.87. The second kappa shape index (κ2) is 3.91. The summed E-state index contributed by atoms with van der Waals surface area (Å²) in [5, 5.41) is 8.58. The minimum atomic E-state index is 0.00369. The summed E-state index contributed by atoms with van der Waals surface area (Å²) in [6, 6.07) is 0. The van der Waals surface area contributed by atoms with Crippen molar-refractivity contribution in [3.63, 3.8) is 0 Å². The van der Waals surface area contributed by atoms with Gasteiger partial charge in [-0.25, -0.2) is 4.98 Å². The predicted octanol–water partition coefficient (Wildman–Crippen LogP) is 0.560. The minimum Gasteiger partial charge on any atom is -0.396 e. The van der Waals surface area contributed by atoms with Crippen LogP contribution in [-0.4, -0.2) is 16.7 Å². The molecule has 13 heavy (non-hydrogen) atoms. The van der Waals surface area contributed by atoms with Gasteiger partial charge in [0.1, 0.15) is 5.82 Å². The average Bonchev–Trinajstić information content (AvgIpc) is 2.13. The molecule has 0 bridgehead atoms. The molecule has 4 nitrogen and oxygen atoms in total. The van der Waals surface area contributed by atoms with E-state index in [1.807, 2.05) is 6.92 Å². The smallest absolute Gasteiger partial charge is 0.146 e. The van der Waals surface area contributed by atoms with Crippen LogP contribution in [0, 0.1) is 6.92 Å². The second-order valence-corrected chi connectivity index (χ2v) is 2.72. The number of nitrogens with zero attached hydrogens (tertiary/aromatic N) is 1. The molecule has 1 rings (SSSR count). The van der Waals surface area contributed by atoms with E-state index in [1.165, 1.54) is 0 Å². The molecule has 0 spiro atoms. The molecule has 0 atom stereocenters. The lowest BCUT2D eigenvalue weighted by atomic mass is 10.1. The van der Waals surface area contributed by atoms with E-state index in [1.54, 1.807) is 18.3 Å². The van der Waals surface area contributed by atoms with Gasteiger partial charge in [0.2, 0.25) is 0 Å². The van der Waals surface area contributed by atoms with Crippen LogP contribution in [0.5, 0.6) is 0 Å². The van der Waals surface area contributed by atoms with E-state index in [0.717, 1.165) is 11.1 Å². The van der Waals surface area contributed by atoms with Crippen molar-refractivity contribution in [3.8, 4) is 0 Å². The van der Waals surface area contributed by atoms with E-state index in [-0.39, 0.29) is 6.61 Å². The van der Waals surface area contributed by atoms with Crippen molar-refractivity contribution in [1.82, 2.24) is 4.98 Å². The molecule has 0 radical (unpaired) electrons. The number of aromatic nitrogens is 1. The van der Waals surface area contributed by atoms with Gasteiger partial charge in [-0.2, -0.15) is 0 Å². The van der Waals surface area contributed by atoms with Crippen molar-refractivity contribution in [2.24, 2.45) is 0 Å². The summed E-state index contributed by atoms with van der Waals surface area (Å²) >= 11 is 0. The van der Waals surface area contributed by atoms with E-state index in [4.69, 9.17) is 16.6 Å². The van der Waals surface area contributed by atoms with Crippen LogP contribution in [0.4, 0.5) is 11.5 Å². The van der Waals surface area contributed by atoms with Gasteiger partial charge in [-0.15, -0.1) is 0 Å². The van der Waals surface area contributed by atoms with Crippen LogP contribution in [0.15, 0.2) is 12.3 Å². The molecule has 4 heteroatoms. The third-order valence-electron chi connectivity index (χ3n) is 1.86. The molecule has 0 saturated carbocycles. The number of nitrogens with two attached hydrogens (primary N) is 2. The van der Waals surface area contributed by atoms with Crippen LogP contribution < -0.4 is 11.5 Å². The molecule has 0 aromatic carbocycles. The average molecular weight is 179 g/mol. The summed E-state index contributed by atoms with van der Waals surface area (Å²) in [7, 11) is 0. The Morgan fingerprint density at radius 2 is 2.23 bits per heavy atom. The highest BCUT2D eigenvalue weighted by Gasteiger charge is 2.02. The summed E-state index contributed by atoms with van der Waals surface area (Å²) in [5.74, 6) is 0.346. The number of pyridine rings is 1. The second-order valence-electron chi connectivity index (χ2n) is 2.72. The van der Waals surface area contributed by atoms with Crippen LogP contribution in [0.1, 0.15) is 11.1 Å². The third kappa shape index (κ3) is 1.97. The van der Waals surface area contributed by atoms with Gasteiger partial charge in [0, 0.05) is 6.20 Å². The number of rotatable bonds is 2. The van der Waals surface area contributed by atoms with Crippen LogP contribution in [-0.2, 0) is 0 Å². The van der Waals surface area contributed by atoms with E-state index in [9.17, 15) is 0 Å². The number of aliphatic hydroxyl groups is 1. The zero-order valence-corrected chi connectivity index (χ0v) is 7.49. The zero-order valence-electron chi connectivity index (χ0n) is 7.49. The van der Waals surface area contributed by atoms with Crippen LogP contribution in [0.3, 0.4) is 0 Å². The molecule has 1 heterocycles. The maximum Gasteiger partial charge on any atom is 0.146 e. The lowest BCUT2D eigenvalue weighted by Crippen LogP contribution is -2.01. The first-order valence-corrected chi connectivity index (χ1v) is 3.94. The van der Waals surface area contributed by atoms with Crippen molar-refractivity contribution in [1.29, 1.82) is 0 Å². The molecule has 0 aliphatic carbocycles. The standard InChI is InChI=1S/C9H13N3O/c1-6-7(3-2-4-13)5-12-9(11)8(6)10/h2-3,5,13H,4,10H2,1H3,(H2,11,12). The highest BCUT2D eigenvalue weighted by molar-refractivity contribution is 5.69. The van der Waals surface area contributed by atoms with Crippen molar-refractivity contribution in [2.45, 2.75) is 6.92 Å². The topological polar surface area (TPSA) is 85.2 Å². The zero-order chi connectivity index (χ0) is 9.84. The highest BCUT2D eigenvalue weighted by atomic mass is 16.2. The maximum absolute atomic E-state index is 8.58. The first-order valence-electron chi connectivity index (χ1n) is 3.94. The highest BCUT2D eigenvalue weighted by Crippen LogP contribution is 2.20. The number of hydrogen-bond acceptors (Lipinski definition) is 4. The quantitative estimate of drug-likeness (QED) is 0.619. The predicted molar refractivity (Wildman–Crippen MR) is 53.9 cm³/mol. The fraction of sp³-hybridized carbons (Fsp3) is 0.222. The Morgan fingerprint density at radius 3 is 2.85 bits per heavy atom. The van der Waals surface area contributed by atoms with Crippen LogP contribution >= 0.6 is 0 Å². The molecular formula is C9H13N3O. The molecule has 0 aliphatic rings. The third-order valence-corrected chi connectivity index (χ3v) is 1.86. The van der Waals surface area contributed by atoms with Gasteiger partial charge in [0.15, 0.2) is 0 Å². The van der Waals surface area contributed by atoms with Crippen LogP contribution in [0.2, 0.25) is 0 Å². The summed E-state index contributed by atoms with van der Waals surface area (Å²) < 4.78 is 0.